The summed E-state index contributed by atoms with van der Waals surface area (Å²) in [5.74, 6) is 0.267. The molecule has 0 unspecified atom stereocenters. The molecule has 1 fully saturated rings. The van der Waals surface area contributed by atoms with Crippen LogP contribution in [-0.2, 0) is 10.2 Å². The van der Waals surface area contributed by atoms with Gasteiger partial charge >= 0.3 is 5.97 Å². The van der Waals surface area contributed by atoms with Crippen molar-refractivity contribution in [3.8, 4) is 11.5 Å². The van der Waals surface area contributed by atoms with E-state index in [0.29, 0.717) is 34.9 Å². The average molecular weight is 269 g/mol. The fourth-order valence-electron chi connectivity index (χ4n) is 2.81. The zero-order chi connectivity index (χ0) is 12.9. The molecule has 18 heavy (non-hydrogen) atoms. The van der Waals surface area contributed by atoms with Crippen LogP contribution in [0.25, 0.3) is 0 Å². The third-order valence-corrected chi connectivity index (χ3v) is 4.26. The normalized spacial score (nSPS) is 19.4. The van der Waals surface area contributed by atoms with Crippen LogP contribution in [0.4, 0.5) is 0 Å². The van der Waals surface area contributed by atoms with Crippen molar-refractivity contribution < 1.29 is 19.4 Å². The topological polar surface area (TPSA) is 55.8 Å². The molecule has 1 aromatic carbocycles. The van der Waals surface area contributed by atoms with Crippen molar-refractivity contribution in [3.63, 3.8) is 0 Å². The molecule has 5 heteroatoms. The lowest BCUT2D eigenvalue weighted by Crippen LogP contribution is -2.43. The SMILES string of the molecule is Cc1cc2c(c(Cl)c1C1(C(=O)O)CCC1)OCO2. The molecule has 1 heterocycles. The number of carboxylic acid groups (broad SMARTS) is 1. The Morgan fingerprint density at radius 1 is 1.44 bits per heavy atom. The number of rotatable bonds is 2. The Morgan fingerprint density at radius 2 is 2.17 bits per heavy atom. The van der Waals surface area contributed by atoms with Crippen LogP contribution >= 0.6 is 11.6 Å². The van der Waals surface area contributed by atoms with Crippen LogP contribution in [-0.4, -0.2) is 17.9 Å². The van der Waals surface area contributed by atoms with Gasteiger partial charge in [0.05, 0.1) is 10.4 Å². The second kappa shape index (κ2) is 3.79. The lowest BCUT2D eigenvalue weighted by Gasteiger charge is -2.39. The molecule has 0 aromatic heterocycles. The van der Waals surface area contributed by atoms with Gasteiger partial charge < -0.3 is 14.6 Å². The van der Waals surface area contributed by atoms with E-state index in [4.69, 9.17) is 21.1 Å². The molecule has 1 saturated carbocycles. The highest BCUT2D eigenvalue weighted by atomic mass is 35.5. The molecule has 1 aliphatic heterocycles. The fraction of sp³-hybridized carbons (Fsp3) is 0.462. The summed E-state index contributed by atoms with van der Waals surface area (Å²) < 4.78 is 10.6. The molecule has 2 aliphatic rings. The summed E-state index contributed by atoms with van der Waals surface area (Å²) in [5, 5.41) is 9.90. The third kappa shape index (κ3) is 1.35. The number of halogens is 1. The zero-order valence-electron chi connectivity index (χ0n) is 9.96. The molecular weight excluding hydrogens is 256 g/mol. The molecule has 0 spiro atoms. The van der Waals surface area contributed by atoms with Gasteiger partial charge in [-0.25, -0.2) is 0 Å². The Balaban J connectivity index is 2.21. The summed E-state index contributed by atoms with van der Waals surface area (Å²) in [7, 11) is 0. The van der Waals surface area contributed by atoms with E-state index < -0.39 is 11.4 Å². The van der Waals surface area contributed by atoms with Gasteiger partial charge in [-0.15, -0.1) is 0 Å². The monoisotopic (exact) mass is 268 g/mol. The first kappa shape index (κ1) is 11.7. The minimum atomic E-state index is -0.845. The van der Waals surface area contributed by atoms with Gasteiger partial charge in [0.25, 0.3) is 0 Å². The molecule has 0 radical (unpaired) electrons. The lowest BCUT2D eigenvalue weighted by atomic mass is 9.63. The molecule has 3 rings (SSSR count). The van der Waals surface area contributed by atoms with Gasteiger partial charge in [-0.05, 0) is 37.0 Å². The molecule has 1 aliphatic carbocycles. The van der Waals surface area contributed by atoms with Gasteiger partial charge in [0, 0.05) is 0 Å². The Labute approximate surface area is 109 Å². The predicted octanol–water partition coefficient (Wildman–Crippen LogP) is 2.88. The fourth-order valence-corrected chi connectivity index (χ4v) is 3.29. The summed E-state index contributed by atoms with van der Waals surface area (Å²) in [6.07, 6.45) is 2.17. The van der Waals surface area contributed by atoms with Crippen LogP contribution < -0.4 is 9.47 Å². The van der Waals surface area contributed by atoms with Gasteiger partial charge in [-0.3, -0.25) is 4.79 Å². The highest BCUT2D eigenvalue weighted by Gasteiger charge is 2.49. The highest BCUT2D eigenvalue weighted by molar-refractivity contribution is 6.33. The molecular formula is C13H13ClO4. The van der Waals surface area contributed by atoms with Gasteiger partial charge in [0.1, 0.15) is 0 Å². The van der Waals surface area contributed by atoms with Crippen LogP contribution in [0.5, 0.6) is 11.5 Å². The number of ether oxygens (including phenoxy) is 2. The van der Waals surface area contributed by atoms with E-state index in [1.54, 1.807) is 0 Å². The van der Waals surface area contributed by atoms with Crippen molar-refractivity contribution in [2.45, 2.75) is 31.6 Å². The number of aryl methyl sites for hydroxylation is 1. The Hall–Kier alpha value is -1.42. The van der Waals surface area contributed by atoms with Crippen LogP contribution in [0.2, 0.25) is 5.02 Å². The zero-order valence-corrected chi connectivity index (χ0v) is 10.7. The quantitative estimate of drug-likeness (QED) is 0.896. The first-order valence-electron chi connectivity index (χ1n) is 5.89. The average Bonchev–Trinajstić information content (AvgIpc) is 2.68. The van der Waals surface area contributed by atoms with E-state index in [2.05, 4.69) is 0 Å². The number of benzene rings is 1. The molecule has 0 saturated heterocycles. The minimum absolute atomic E-state index is 0.137. The maximum Gasteiger partial charge on any atom is 0.314 e. The van der Waals surface area contributed by atoms with E-state index in [0.717, 1.165) is 12.0 Å². The summed E-state index contributed by atoms with van der Waals surface area (Å²) in [6, 6.07) is 1.81. The van der Waals surface area contributed by atoms with Crippen molar-refractivity contribution in [2.75, 3.05) is 6.79 Å². The summed E-state index contributed by atoms with van der Waals surface area (Å²) >= 11 is 6.33. The minimum Gasteiger partial charge on any atom is -0.481 e. The van der Waals surface area contributed by atoms with Crippen molar-refractivity contribution in [1.29, 1.82) is 0 Å². The lowest BCUT2D eigenvalue weighted by molar-refractivity contribution is -0.147. The largest absolute Gasteiger partial charge is 0.481 e. The van der Waals surface area contributed by atoms with Crippen LogP contribution in [0.1, 0.15) is 30.4 Å². The van der Waals surface area contributed by atoms with Gasteiger partial charge in [0.15, 0.2) is 11.5 Å². The smallest absolute Gasteiger partial charge is 0.314 e. The summed E-state index contributed by atoms with van der Waals surface area (Å²) in [6.45, 7) is 2.00. The van der Waals surface area contributed by atoms with E-state index in [-0.39, 0.29) is 6.79 Å². The van der Waals surface area contributed by atoms with Crippen LogP contribution in [0.15, 0.2) is 6.07 Å². The molecule has 96 valence electrons. The van der Waals surface area contributed by atoms with Crippen molar-refractivity contribution >= 4 is 17.6 Å². The second-order valence-corrected chi connectivity index (χ2v) is 5.24. The second-order valence-electron chi connectivity index (χ2n) is 4.86. The molecule has 4 nitrogen and oxygen atoms in total. The Morgan fingerprint density at radius 3 is 2.72 bits per heavy atom. The molecule has 0 atom stereocenters. The van der Waals surface area contributed by atoms with E-state index in [1.807, 2.05) is 13.0 Å². The maximum absolute atomic E-state index is 11.6. The molecule has 0 amide bonds. The van der Waals surface area contributed by atoms with Crippen molar-refractivity contribution in [3.05, 3.63) is 22.2 Å². The van der Waals surface area contributed by atoms with Crippen molar-refractivity contribution in [2.24, 2.45) is 0 Å². The standard InChI is InChI=1S/C13H13ClO4/c1-7-5-8-11(18-6-17-8)10(14)9(7)13(12(15)16)3-2-4-13/h5H,2-4,6H2,1H3,(H,15,16). The molecule has 1 N–H and O–H groups in total. The van der Waals surface area contributed by atoms with E-state index in [1.165, 1.54) is 0 Å². The van der Waals surface area contributed by atoms with Gasteiger partial charge in [0.2, 0.25) is 6.79 Å². The summed E-state index contributed by atoms with van der Waals surface area (Å²) in [4.78, 5) is 11.6. The summed E-state index contributed by atoms with van der Waals surface area (Å²) in [5.41, 5.74) is 0.695. The number of carbonyl (C=O) groups is 1. The highest BCUT2D eigenvalue weighted by Crippen LogP contribution is 2.53. The van der Waals surface area contributed by atoms with Crippen LogP contribution in [0.3, 0.4) is 0 Å². The van der Waals surface area contributed by atoms with Gasteiger partial charge in [-0.1, -0.05) is 18.0 Å². The van der Waals surface area contributed by atoms with E-state index in [9.17, 15) is 9.90 Å². The van der Waals surface area contributed by atoms with E-state index >= 15 is 0 Å². The number of aliphatic carboxylic acids is 1. The number of hydrogen-bond acceptors (Lipinski definition) is 3. The third-order valence-electron chi connectivity index (χ3n) is 3.90. The first-order chi connectivity index (χ1) is 8.56. The molecule has 0 bridgehead atoms. The Kier molecular flexibility index (Phi) is 2.45. The number of hydrogen-bond donors (Lipinski definition) is 1. The van der Waals surface area contributed by atoms with Crippen molar-refractivity contribution in [1.82, 2.24) is 0 Å². The van der Waals surface area contributed by atoms with Gasteiger partial charge in [-0.2, -0.15) is 0 Å². The molecule has 1 aromatic rings. The van der Waals surface area contributed by atoms with Crippen LogP contribution in [0, 0.1) is 6.92 Å². The Bertz CT molecular complexity index is 534. The first-order valence-corrected chi connectivity index (χ1v) is 6.26. The maximum atomic E-state index is 11.6. The number of fused-ring (bicyclic) bond motifs is 1. The predicted molar refractivity (Wildman–Crippen MR) is 65.5 cm³/mol. The number of carboxylic acids is 1.